The summed E-state index contributed by atoms with van der Waals surface area (Å²) in [7, 11) is 0. The van der Waals surface area contributed by atoms with Crippen molar-refractivity contribution in [2.24, 2.45) is 17.8 Å². The van der Waals surface area contributed by atoms with Gasteiger partial charge in [0, 0.05) is 19.6 Å². The normalized spacial score (nSPS) is 26.7. The van der Waals surface area contributed by atoms with Gasteiger partial charge in [0.1, 0.15) is 5.75 Å². The lowest BCUT2D eigenvalue weighted by Gasteiger charge is -2.23. The molecule has 138 valence electrons. The lowest BCUT2D eigenvalue weighted by atomic mass is 9.96. The van der Waals surface area contributed by atoms with E-state index in [1.54, 1.807) is 0 Å². The van der Waals surface area contributed by atoms with Crippen LogP contribution in [0.25, 0.3) is 0 Å². The molecule has 2 aliphatic rings. The zero-order valence-corrected chi connectivity index (χ0v) is 15.8. The minimum absolute atomic E-state index is 0.359. The van der Waals surface area contributed by atoms with Crippen LogP contribution in [0.15, 0.2) is 54.6 Å². The van der Waals surface area contributed by atoms with Crippen molar-refractivity contribution >= 4 is 0 Å². The molecule has 2 aromatic carbocycles. The number of benzene rings is 2. The van der Waals surface area contributed by atoms with E-state index in [1.165, 1.54) is 49.9 Å². The first kappa shape index (κ1) is 17.6. The molecule has 1 aliphatic carbocycles. The van der Waals surface area contributed by atoms with E-state index in [0.717, 1.165) is 24.3 Å². The summed E-state index contributed by atoms with van der Waals surface area (Å²) in [6, 6.07) is 18.7. The molecule has 1 N–H and O–H groups in total. The quantitative estimate of drug-likeness (QED) is 0.785. The van der Waals surface area contributed by atoms with Gasteiger partial charge < -0.3 is 10.0 Å². The molecule has 2 nitrogen and oxygen atoms in total. The summed E-state index contributed by atoms with van der Waals surface area (Å²) in [5.74, 6) is 3.66. The third kappa shape index (κ3) is 4.12. The number of phenols is 1. The lowest BCUT2D eigenvalue weighted by molar-refractivity contribution is 0.281. The molecule has 1 saturated heterocycles. The molecular weight excluding hydrogens is 318 g/mol. The second-order valence-electron chi connectivity index (χ2n) is 8.59. The van der Waals surface area contributed by atoms with Crippen molar-refractivity contribution in [2.45, 2.75) is 38.5 Å². The molecule has 1 saturated carbocycles. The molecule has 0 radical (unpaired) electrons. The number of hydrogen-bond acceptors (Lipinski definition) is 2. The molecule has 4 atom stereocenters. The van der Waals surface area contributed by atoms with Gasteiger partial charge in [-0.25, -0.2) is 0 Å². The Morgan fingerprint density at radius 3 is 2.27 bits per heavy atom. The predicted octanol–water partition coefficient (Wildman–Crippen LogP) is 5.09. The number of hydrogen-bond donors (Lipinski definition) is 1. The maximum absolute atomic E-state index is 9.46. The van der Waals surface area contributed by atoms with Crippen LogP contribution in [0.3, 0.4) is 0 Å². The van der Waals surface area contributed by atoms with E-state index in [2.05, 4.69) is 54.3 Å². The first-order valence-corrected chi connectivity index (χ1v) is 10.2. The van der Waals surface area contributed by atoms with Crippen molar-refractivity contribution in [2.75, 3.05) is 19.6 Å². The predicted molar refractivity (Wildman–Crippen MR) is 107 cm³/mol. The Balaban J connectivity index is 1.24. The average molecular weight is 350 g/mol. The van der Waals surface area contributed by atoms with Crippen LogP contribution in [0.2, 0.25) is 0 Å². The molecule has 2 aromatic rings. The summed E-state index contributed by atoms with van der Waals surface area (Å²) in [6.07, 6.45) is 5.47. The molecule has 1 aliphatic heterocycles. The first-order chi connectivity index (χ1) is 12.7. The van der Waals surface area contributed by atoms with E-state index in [1.807, 2.05) is 12.1 Å². The van der Waals surface area contributed by atoms with Crippen molar-refractivity contribution < 1.29 is 5.11 Å². The van der Waals surface area contributed by atoms with Gasteiger partial charge in [-0.05, 0) is 72.6 Å². The first-order valence-electron chi connectivity index (χ1n) is 10.2. The molecule has 0 amide bonds. The summed E-state index contributed by atoms with van der Waals surface area (Å²) in [6.45, 7) is 6.03. The largest absolute Gasteiger partial charge is 0.508 e. The van der Waals surface area contributed by atoms with Gasteiger partial charge in [-0.3, -0.25) is 0 Å². The maximum atomic E-state index is 9.46. The Bertz CT molecular complexity index is 682. The number of fused-ring (bicyclic) bond motifs is 1. The summed E-state index contributed by atoms with van der Waals surface area (Å²) >= 11 is 0. The van der Waals surface area contributed by atoms with Crippen molar-refractivity contribution in [3.63, 3.8) is 0 Å². The van der Waals surface area contributed by atoms with E-state index in [-0.39, 0.29) is 0 Å². The number of aryl methyl sites for hydroxylation is 1. The van der Waals surface area contributed by atoms with Crippen LogP contribution >= 0.6 is 0 Å². The minimum atomic E-state index is 0.359. The van der Waals surface area contributed by atoms with Gasteiger partial charge in [-0.1, -0.05) is 49.4 Å². The molecule has 1 heterocycles. The van der Waals surface area contributed by atoms with Crippen LogP contribution in [-0.2, 0) is 6.42 Å². The van der Waals surface area contributed by atoms with Crippen LogP contribution < -0.4 is 0 Å². The van der Waals surface area contributed by atoms with Crippen LogP contribution in [0.4, 0.5) is 0 Å². The van der Waals surface area contributed by atoms with Gasteiger partial charge in [0.05, 0.1) is 0 Å². The van der Waals surface area contributed by atoms with Gasteiger partial charge in [0.15, 0.2) is 0 Å². The summed E-state index contributed by atoms with van der Waals surface area (Å²) in [5, 5.41) is 9.46. The highest BCUT2D eigenvalue weighted by atomic mass is 16.3. The fraction of sp³-hybridized carbons (Fsp3) is 0.500. The maximum Gasteiger partial charge on any atom is 0.115 e. The summed E-state index contributed by atoms with van der Waals surface area (Å²) < 4.78 is 0. The molecule has 2 fully saturated rings. The van der Waals surface area contributed by atoms with Gasteiger partial charge in [0.2, 0.25) is 0 Å². The Morgan fingerprint density at radius 1 is 0.962 bits per heavy atom. The fourth-order valence-corrected chi connectivity index (χ4v) is 5.22. The monoisotopic (exact) mass is 349 g/mol. The Morgan fingerprint density at radius 2 is 1.62 bits per heavy atom. The molecule has 0 aromatic heterocycles. The smallest absolute Gasteiger partial charge is 0.115 e. The fourth-order valence-electron chi connectivity index (χ4n) is 5.22. The van der Waals surface area contributed by atoms with E-state index in [0.29, 0.717) is 11.7 Å². The third-order valence-corrected chi connectivity index (χ3v) is 6.60. The summed E-state index contributed by atoms with van der Waals surface area (Å²) in [4.78, 5) is 2.68. The standard InChI is InChI=1S/C24H31NO/c1-18(21-9-11-24(26)12-10-21)15-25-16-22-13-20(14-23(22)17-25)8-7-19-5-3-2-4-6-19/h2-6,9-12,18,20,22-23,26H,7-8,13-17H2,1H3/t18?,20?,22-,23+. The van der Waals surface area contributed by atoms with Gasteiger partial charge >= 0.3 is 0 Å². The molecule has 0 bridgehead atoms. The van der Waals surface area contributed by atoms with Crippen molar-refractivity contribution in [3.8, 4) is 5.75 Å². The van der Waals surface area contributed by atoms with Crippen LogP contribution in [0, 0.1) is 17.8 Å². The van der Waals surface area contributed by atoms with Crippen LogP contribution in [0.1, 0.15) is 43.2 Å². The number of nitrogens with zero attached hydrogens (tertiary/aromatic N) is 1. The molecular formula is C24H31NO. The summed E-state index contributed by atoms with van der Waals surface area (Å²) in [5.41, 5.74) is 2.83. The average Bonchev–Trinajstić information content (AvgIpc) is 3.19. The van der Waals surface area contributed by atoms with E-state index < -0.39 is 0 Å². The SMILES string of the molecule is CC(CN1C[C@H]2CC(CCc3ccccc3)C[C@H]2C1)c1ccc(O)cc1. The van der Waals surface area contributed by atoms with E-state index in [9.17, 15) is 5.11 Å². The minimum Gasteiger partial charge on any atom is -0.508 e. The van der Waals surface area contributed by atoms with Crippen molar-refractivity contribution in [3.05, 3.63) is 65.7 Å². The molecule has 2 heteroatoms. The lowest BCUT2D eigenvalue weighted by Crippen LogP contribution is -2.27. The third-order valence-electron chi connectivity index (χ3n) is 6.60. The Hall–Kier alpha value is -1.80. The number of aromatic hydroxyl groups is 1. The number of likely N-dealkylation sites (tertiary alicyclic amines) is 1. The topological polar surface area (TPSA) is 23.5 Å². The molecule has 2 unspecified atom stereocenters. The number of phenolic OH excluding ortho intramolecular Hbond substituents is 1. The molecule has 0 spiro atoms. The Labute approximate surface area is 157 Å². The second-order valence-corrected chi connectivity index (χ2v) is 8.59. The second kappa shape index (κ2) is 7.84. The van der Waals surface area contributed by atoms with Crippen LogP contribution in [0.5, 0.6) is 5.75 Å². The van der Waals surface area contributed by atoms with E-state index >= 15 is 0 Å². The van der Waals surface area contributed by atoms with E-state index in [4.69, 9.17) is 0 Å². The van der Waals surface area contributed by atoms with Crippen molar-refractivity contribution in [1.29, 1.82) is 0 Å². The molecule has 4 rings (SSSR count). The van der Waals surface area contributed by atoms with Crippen LogP contribution in [-0.4, -0.2) is 29.6 Å². The highest BCUT2D eigenvalue weighted by Crippen LogP contribution is 2.43. The van der Waals surface area contributed by atoms with Crippen molar-refractivity contribution in [1.82, 2.24) is 4.90 Å². The highest BCUT2D eigenvalue weighted by molar-refractivity contribution is 5.28. The zero-order valence-electron chi connectivity index (χ0n) is 15.8. The van der Waals surface area contributed by atoms with Gasteiger partial charge in [-0.2, -0.15) is 0 Å². The van der Waals surface area contributed by atoms with Gasteiger partial charge in [0.25, 0.3) is 0 Å². The van der Waals surface area contributed by atoms with Gasteiger partial charge in [-0.15, -0.1) is 0 Å². The molecule has 26 heavy (non-hydrogen) atoms. The number of rotatable bonds is 6. The Kier molecular flexibility index (Phi) is 5.31. The zero-order chi connectivity index (χ0) is 17.9. The highest BCUT2D eigenvalue weighted by Gasteiger charge is 2.40.